The maximum absolute atomic E-state index is 12.5. The first-order valence-corrected chi connectivity index (χ1v) is 8.69. The highest BCUT2D eigenvalue weighted by Crippen LogP contribution is 2.55. The molecule has 0 saturated heterocycles. The largest absolute Gasteiger partial charge is 0.448 e. The van der Waals surface area contributed by atoms with Gasteiger partial charge in [-0.3, -0.25) is 4.79 Å². The summed E-state index contributed by atoms with van der Waals surface area (Å²) in [6.45, 7) is 1.65. The van der Waals surface area contributed by atoms with E-state index in [9.17, 15) is 9.59 Å². The maximum atomic E-state index is 12.5. The molecule has 124 valence electrons. The van der Waals surface area contributed by atoms with E-state index >= 15 is 0 Å². The minimum Gasteiger partial charge on any atom is -0.448 e. The van der Waals surface area contributed by atoms with Crippen LogP contribution >= 0.6 is 0 Å². The first kappa shape index (κ1) is 14.8. The summed E-state index contributed by atoms with van der Waals surface area (Å²) in [6.07, 6.45) is 8.22. The zero-order chi connectivity index (χ0) is 16.0. The topological polar surface area (TPSA) is 71.2 Å². The quantitative estimate of drug-likeness (QED) is 0.839. The highest BCUT2D eigenvalue weighted by molar-refractivity contribution is 5.90. The Balaban J connectivity index is 1.39. The minimum absolute atomic E-state index is 0.0427. The molecule has 0 spiro atoms. The highest BCUT2D eigenvalue weighted by atomic mass is 16.5. The van der Waals surface area contributed by atoms with Crippen LogP contribution in [0.4, 0.5) is 0 Å². The van der Waals surface area contributed by atoms with E-state index < -0.39 is 12.1 Å². The van der Waals surface area contributed by atoms with Crippen molar-refractivity contribution in [1.29, 1.82) is 0 Å². The van der Waals surface area contributed by atoms with Gasteiger partial charge in [0, 0.05) is 11.7 Å². The van der Waals surface area contributed by atoms with E-state index in [4.69, 9.17) is 4.74 Å². The zero-order valence-corrected chi connectivity index (χ0v) is 13.5. The number of H-pyrrole nitrogens is 1. The van der Waals surface area contributed by atoms with Gasteiger partial charge in [-0.1, -0.05) is 0 Å². The number of ether oxygens (including phenoxy) is 1. The monoisotopic (exact) mass is 316 g/mol. The van der Waals surface area contributed by atoms with Crippen LogP contribution in [-0.2, 0) is 9.53 Å². The van der Waals surface area contributed by atoms with Crippen LogP contribution < -0.4 is 5.32 Å². The Bertz CT molecular complexity index is 573. The zero-order valence-electron chi connectivity index (χ0n) is 13.5. The molecule has 5 rings (SSSR count). The van der Waals surface area contributed by atoms with Crippen molar-refractivity contribution in [3.05, 3.63) is 24.0 Å². The van der Waals surface area contributed by atoms with E-state index in [-0.39, 0.29) is 11.4 Å². The Morgan fingerprint density at radius 1 is 1.22 bits per heavy atom. The van der Waals surface area contributed by atoms with E-state index in [0.29, 0.717) is 5.69 Å². The van der Waals surface area contributed by atoms with Crippen LogP contribution in [0.15, 0.2) is 18.3 Å². The Hall–Kier alpha value is -1.78. The van der Waals surface area contributed by atoms with Gasteiger partial charge in [0.25, 0.3) is 5.91 Å². The van der Waals surface area contributed by atoms with E-state index in [1.807, 2.05) is 0 Å². The lowest BCUT2D eigenvalue weighted by Crippen LogP contribution is -2.61. The fraction of sp³-hybridized carbons (Fsp3) is 0.667. The molecule has 4 fully saturated rings. The molecule has 1 aromatic heterocycles. The van der Waals surface area contributed by atoms with E-state index in [1.54, 1.807) is 25.3 Å². The third kappa shape index (κ3) is 2.77. The van der Waals surface area contributed by atoms with Gasteiger partial charge >= 0.3 is 5.97 Å². The second-order valence-electron chi connectivity index (χ2n) is 7.82. The van der Waals surface area contributed by atoms with Crippen molar-refractivity contribution < 1.29 is 14.3 Å². The van der Waals surface area contributed by atoms with E-state index in [0.717, 1.165) is 37.0 Å². The molecular formula is C18H24N2O3. The molecule has 1 amide bonds. The number of esters is 1. The van der Waals surface area contributed by atoms with Crippen molar-refractivity contribution >= 4 is 11.9 Å². The molecular weight excluding hydrogens is 292 g/mol. The molecule has 4 aliphatic rings. The summed E-state index contributed by atoms with van der Waals surface area (Å²) in [6, 6.07) is 3.38. The van der Waals surface area contributed by atoms with Crippen LogP contribution in [0.1, 0.15) is 55.9 Å². The van der Waals surface area contributed by atoms with Crippen molar-refractivity contribution in [3.63, 3.8) is 0 Å². The molecule has 0 aliphatic heterocycles. The molecule has 4 aliphatic carbocycles. The van der Waals surface area contributed by atoms with Crippen molar-refractivity contribution in [3.8, 4) is 0 Å². The third-order valence-corrected chi connectivity index (χ3v) is 5.90. The molecule has 5 heteroatoms. The summed E-state index contributed by atoms with van der Waals surface area (Å²) < 4.78 is 5.29. The average molecular weight is 316 g/mol. The Labute approximate surface area is 136 Å². The second kappa shape index (κ2) is 5.39. The molecule has 4 saturated carbocycles. The number of aromatic amines is 1. The van der Waals surface area contributed by atoms with Crippen LogP contribution in [0.5, 0.6) is 0 Å². The molecule has 0 aromatic carbocycles. The van der Waals surface area contributed by atoms with Crippen molar-refractivity contribution in [2.45, 2.75) is 57.1 Å². The number of rotatable bonds is 4. The van der Waals surface area contributed by atoms with Crippen LogP contribution in [0.25, 0.3) is 0 Å². The molecule has 1 atom stereocenters. The predicted molar refractivity (Wildman–Crippen MR) is 84.7 cm³/mol. The van der Waals surface area contributed by atoms with E-state index in [2.05, 4.69) is 10.3 Å². The van der Waals surface area contributed by atoms with Crippen LogP contribution in [0, 0.1) is 17.8 Å². The summed E-state index contributed by atoms with van der Waals surface area (Å²) in [5.41, 5.74) is 0.332. The average Bonchev–Trinajstić information content (AvgIpc) is 2.99. The molecule has 1 heterocycles. The van der Waals surface area contributed by atoms with Crippen LogP contribution in [0.2, 0.25) is 0 Å². The summed E-state index contributed by atoms with van der Waals surface area (Å²) in [7, 11) is 0. The maximum Gasteiger partial charge on any atom is 0.355 e. The van der Waals surface area contributed by atoms with Crippen molar-refractivity contribution in [1.82, 2.24) is 10.3 Å². The number of amides is 1. The Morgan fingerprint density at radius 3 is 2.35 bits per heavy atom. The first-order chi connectivity index (χ1) is 11.0. The highest BCUT2D eigenvalue weighted by Gasteiger charge is 2.51. The summed E-state index contributed by atoms with van der Waals surface area (Å²) in [5, 5.41) is 3.25. The minimum atomic E-state index is -0.765. The van der Waals surface area contributed by atoms with Crippen molar-refractivity contribution in [2.75, 3.05) is 0 Å². The lowest BCUT2D eigenvalue weighted by atomic mass is 9.53. The van der Waals surface area contributed by atoms with Gasteiger partial charge in [-0.2, -0.15) is 0 Å². The van der Waals surface area contributed by atoms with Crippen LogP contribution in [-0.4, -0.2) is 28.5 Å². The molecule has 0 radical (unpaired) electrons. The summed E-state index contributed by atoms with van der Waals surface area (Å²) in [5.74, 6) is 1.69. The Kier molecular flexibility index (Phi) is 3.47. The lowest BCUT2D eigenvalue weighted by Gasteiger charge is -2.57. The van der Waals surface area contributed by atoms with Gasteiger partial charge in [0.1, 0.15) is 5.69 Å². The van der Waals surface area contributed by atoms with Gasteiger partial charge in [-0.25, -0.2) is 4.79 Å². The number of carbonyl (C=O) groups excluding carboxylic acids is 2. The van der Waals surface area contributed by atoms with Gasteiger partial charge in [0.2, 0.25) is 0 Å². The normalized spacial score (nSPS) is 35.8. The number of hydrogen-bond acceptors (Lipinski definition) is 3. The fourth-order valence-corrected chi connectivity index (χ4v) is 5.36. The SMILES string of the molecule is C[C@@H](OC(=O)c1ccc[nH]1)C(=O)NC12CC3CC(CC(C3)C1)C2. The summed E-state index contributed by atoms with van der Waals surface area (Å²) in [4.78, 5) is 27.3. The van der Waals surface area contributed by atoms with E-state index in [1.165, 1.54) is 19.3 Å². The first-order valence-electron chi connectivity index (χ1n) is 8.69. The third-order valence-electron chi connectivity index (χ3n) is 5.90. The number of aromatic nitrogens is 1. The lowest BCUT2D eigenvalue weighted by molar-refractivity contribution is -0.134. The number of hydrogen-bond donors (Lipinski definition) is 2. The van der Waals surface area contributed by atoms with Gasteiger partial charge in [0.05, 0.1) is 0 Å². The molecule has 2 N–H and O–H groups in total. The number of carbonyl (C=O) groups is 2. The summed E-state index contributed by atoms with van der Waals surface area (Å²) >= 11 is 0. The van der Waals surface area contributed by atoms with Gasteiger partial charge < -0.3 is 15.0 Å². The van der Waals surface area contributed by atoms with Crippen LogP contribution in [0.3, 0.4) is 0 Å². The molecule has 1 aromatic rings. The second-order valence-corrected chi connectivity index (χ2v) is 7.82. The molecule has 0 unspecified atom stereocenters. The van der Waals surface area contributed by atoms with Crippen molar-refractivity contribution in [2.24, 2.45) is 17.8 Å². The molecule has 4 bridgehead atoms. The Morgan fingerprint density at radius 2 is 1.83 bits per heavy atom. The van der Waals surface area contributed by atoms with Gasteiger partial charge in [0.15, 0.2) is 6.10 Å². The fourth-order valence-electron chi connectivity index (χ4n) is 5.36. The smallest absolute Gasteiger partial charge is 0.355 e. The number of nitrogens with one attached hydrogen (secondary N) is 2. The molecule has 23 heavy (non-hydrogen) atoms. The predicted octanol–water partition coefficient (Wildman–Crippen LogP) is 2.65. The van der Waals surface area contributed by atoms with Gasteiger partial charge in [-0.05, 0) is 75.3 Å². The standard InChI is InChI=1S/C18H24N2O3/c1-11(23-17(22)15-3-2-4-19-15)16(21)20-18-8-12-5-13(9-18)7-14(6-12)10-18/h2-4,11-14,19H,5-10H2,1H3,(H,20,21)/t11-,12?,13?,14?,18?/m1/s1. The molecule has 5 nitrogen and oxygen atoms in total. The van der Waals surface area contributed by atoms with Gasteiger partial charge in [-0.15, -0.1) is 0 Å².